The number of nitrogens with zero attached hydrogens (tertiary/aromatic N) is 1. The SMILES string of the molecule is COCc1c(OC)nc(C(C)C)c(/C=C/C(O)CC(O)CC(=O)OC)c1-c1ccc(F)cc1. The average molecular weight is 462 g/mol. The fourth-order valence-corrected chi connectivity index (χ4v) is 3.56. The first-order valence-electron chi connectivity index (χ1n) is 10.7. The number of methoxy groups -OCH3 is 3. The first-order valence-corrected chi connectivity index (χ1v) is 10.7. The van der Waals surface area contributed by atoms with Gasteiger partial charge in [0.25, 0.3) is 0 Å². The summed E-state index contributed by atoms with van der Waals surface area (Å²) in [4.78, 5) is 16.0. The zero-order valence-corrected chi connectivity index (χ0v) is 19.7. The van der Waals surface area contributed by atoms with E-state index in [-0.39, 0.29) is 31.2 Å². The van der Waals surface area contributed by atoms with Crippen molar-refractivity contribution in [3.63, 3.8) is 0 Å². The summed E-state index contributed by atoms with van der Waals surface area (Å²) in [6.45, 7) is 4.18. The topological polar surface area (TPSA) is 98.1 Å². The molecule has 2 rings (SSSR count). The summed E-state index contributed by atoms with van der Waals surface area (Å²) in [7, 11) is 4.33. The van der Waals surface area contributed by atoms with Crippen molar-refractivity contribution in [2.24, 2.45) is 0 Å². The number of esters is 1. The number of aliphatic hydroxyl groups is 2. The van der Waals surface area contributed by atoms with Gasteiger partial charge in [-0.15, -0.1) is 0 Å². The van der Waals surface area contributed by atoms with Gasteiger partial charge in [0.1, 0.15) is 5.82 Å². The van der Waals surface area contributed by atoms with Crippen molar-refractivity contribution >= 4 is 12.0 Å². The molecule has 0 spiro atoms. The maximum absolute atomic E-state index is 13.6. The number of hydrogen-bond acceptors (Lipinski definition) is 7. The number of carbonyl (C=O) groups excluding carboxylic acids is 1. The Morgan fingerprint density at radius 2 is 1.82 bits per heavy atom. The summed E-state index contributed by atoms with van der Waals surface area (Å²) < 4.78 is 29.1. The fraction of sp³-hybridized carbons (Fsp3) is 0.440. The van der Waals surface area contributed by atoms with Gasteiger partial charge in [0.15, 0.2) is 0 Å². The highest BCUT2D eigenvalue weighted by atomic mass is 19.1. The van der Waals surface area contributed by atoms with Crippen LogP contribution in [0.4, 0.5) is 4.39 Å². The average Bonchev–Trinajstić information content (AvgIpc) is 2.78. The van der Waals surface area contributed by atoms with E-state index in [1.54, 1.807) is 31.4 Å². The van der Waals surface area contributed by atoms with Crippen molar-refractivity contribution in [3.05, 3.63) is 53.0 Å². The second-order valence-electron chi connectivity index (χ2n) is 7.96. The highest BCUT2D eigenvalue weighted by Crippen LogP contribution is 2.38. The van der Waals surface area contributed by atoms with Gasteiger partial charge >= 0.3 is 5.97 Å². The maximum atomic E-state index is 13.6. The molecule has 0 saturated carbocycles. The van der Waals surface area contributed by atoms with E-state index in [2.05, 4.69) is 9.72 Å². The third kappa shape index (κ3) is 7.08. The normalized spacial score (nSPS) is 13.4. The van der Waals surface area contributed by atoms with E-state index in [0.29, 0.717) is 11.4 Å². The van der Waals surface area contributed by atoms with Crippen molar-refractivity contribution in [1.29, 1.82) is 0 Å². The Morgan fingerprint density at radius 1 is 1.15 bits per heavy atom. The summed E-state index contributed by atoms with van der Waals surface area (Å²) in [5.74, 6) is -0.491. The molecular weight excluding hydrogens is 429 g/mol. The lowest BCUT2D eigenvalue weighted by molar-refractivity contribution is -0.143. The molecule has 0 aliphatic carbocycles. The van der Waals surface area contributed by atoms with Crippen LogP contribution in [0, 0.1) is 5.82 Å². The van der Waals surface area contributed by atoms with Gasteiger partial charge in [-0.1, -0.05) is 38.1 Å². The van der Waals surface area contributed by atoms with Gasteiger partial charge in [-0.2, -0.15) is 0 Å². The minimum atomic E-state index is -1.05. The van der Waals surface area contributed by atoms with Crippen LogP contribution in [-0.4, -0.2) is 54.7 Å². The fourth-order valence-electron chi connectivity index (χ4n) is 3.56. The molecule has 1 aromatic carbocycles. The van der Waals surface area contributed by atoms with Crippen molar-refractivity contribution in [2.45, 2.75) is 51.4 Å². The van der Waals surface area contributed by atoms with Crippen LogP contribution in [0.25, 0.3) is 17.2 Å². The first-order chi connectivity index (χ1) is 15.7. The smallest absolute Gasteiger partial charge is 0.308 e. The molecule has 0 bridgehead atoms. The summed E-state index contributed by atoms with van der Waals surface area (Å²) in [5.41, 5.74) is 3.64. The highest BCUT2D eigenvalue weighted by Gasteiger charge is 2.22. The van der Waals surface area contributed by atoms with E-state index in [1.165, 1.54) is 26.4 Å². The standard InChI is InChI=1S/C25H32FNO6/c1-15(2)24-20(11-10-18(28)12-19(29)13-22(30)32-4)23(16-6-8-17(26)9-7-16)21(14-31-3)25(27-24)33-5/h6-11,15,18-19,28-29H,12-14H2,1-5H3/b11-10+. The molecule has 2 unspecified atom stereocenters. The van der Waals surface area contributed by atoms with Crippen LogP contribution in [0.2, 0.25) is 0 Å². The van der Waals surface area contributed by atoms with Gasteiger partial charge < -0.3 is 24.4 Å². The monoisotopic (exact) mass is 461 g/mol. The van der Waals surface area contributed by atoms with Gasteiger partial charge in [-0.3, -0.25) is 4.79 Å². The molecule has 2 N–H and O–H groups in total. The van der Waals surface area contributed by atoms with E-state index in [1.807, 2.05) is 13.8 Å². The third-order valence-corrected chi connectivity index (χ3v) is 5.12. The van der Waals surface area contributed by atoms with Gasteiger partial charge in [0.2, 0.25) is 5.88 Å². The molecule has 0 radical (unpaired) electrons. The number of aliphatic hydroxyl groups excluding tert-OH is 2. The molecule has 2 aromatic rings. The largest absolute Gasteiger partial charge is 0.481 e. The Kier molecular flexibility index (Phi) is 9.96. The molecule has 1 heterocycles. The lowest BCUT2D eigenvalue weighted by Gasteiger charge is -2.21. The molecule has 0 fully saturated rings. The summed E-state index contributed by atoms with van der Waals surface area (Å²) in [6.07, 6.45) is 0.967. The molecular formula is C25H32FNO6. The molecule has 1 aromatic heterocycles. The van der Waals surface area contributed by atoms with Crippen molar-refractivity contribution in [3.8, 4) is 17.0 Å². The van der Waals surface area contributed by atoms with Crippen molar-refractivity contribution in [2.75, 3.05) is 21.3 Å². The molecule has 180 valence electrons. The van der Waals surface area contributed by atoms with Crippen LogP contribution in [0.1, 0.15) is 49.4 Å². The predicted molar refractivity (Wildman–Crippen MR) is 123 cm³/mol. The van der Waals surface area contributed by atoms with Crippen LogP contribution in [0.15, 0.2) is 30.3 Å². The Morgan fingerprint density at radius 3 is 2.36 bits per heavy atom. The van der Waals surface area contributed by atoms with E-state index in [9.17, 15) is 19.4 Å². The zero-order chi connectivity index (χ0) is 24.5. The van der Waals surface area contributed by atoms with Gasteiger partial charge in [0.05, 0.1) is 45.1 Å². The Bertz CT molecular complexity index is 958. The van der Waals surface area contributed by atoms with E-state index in [0.717, 1.165) is 22.4 Å². The molecule has 7 nitrogen and oxygen atoms in total. The minimum Gasteiger partial charge on any atom is -0.481 e. The lowest BCUT2D eigenvalue weighted by Crippen LogP contribution is -2.20. The molecule has 2 atom stereocenters. The van der Waals surface area contributed by atoms with Crippen LogP contribution in [-0.2, 0) is 20.9 Å². The number of carbonyl (C=O) groups is 1. The van der Waals surface area contributed by atoms with Crippen LogP contribution < -0.4 is 4.74 Å². The number of hydrogen-bond donors (Lipinski definition) is 2. The Balaban J connectivity index is 2.58. The summed E-state index contributed by atoms with van der Waals surface area (Å²) in [5, 5.41) is 20.5. The van der Waals surface area contributed by atoms with E-state index in [4.69, 9.17) is 9.47 Å². The maximum Gasteiger partial charge on any atom is 0.308 e. The number of benzene rings is 1. The lowest BCUT2D eigenvalue weighted by atomic mass is 9.90. The molecule has 8 heteroatoms. The van der Waals surface area contributed by atoms with Crippen LogP contribution in [0.5, 0.6) is 5.88 Å². The Hall–Kier alpha value is -2.81. The van der Waals surface area contributed by atoms with Gasteiger partial charge in [-0.25, -0.2) is 9.37 Å². The summed E-state index contributed by atoms with van der Waals surface area (Å²) in [6, 6.07) is 6.08. The highest BCUT2D eigenvalue weighted by molar-refractivity contribution is 5.81. The van der Waals surface area contributed by atoms with Crippen LogP contribution in [0.3, 0.4) is 0 Å². The van der Waals surface area contributed by atoms with Gasteiger partial charge in [0, 0.05) is 30.2 Å². The molecule has 33 heavy (non-hydrogen) atoms. The second-order valence-corrected chi connectivity index (χ2v) is 7.96. The van der Waals surface area contributed by atoms with Crippen LogP contribution >= 0.6 is 0 Å². The molecule has 0 amide bonds. The third-order valence-electron chi connectivity index (χ3n) is 5.12. The summed E-state index contributed by atoms with van der Waals surface area (Å²) >= 11 is 0. The number of rotatable bonds is 11. The van der Waals surface area contributed by atoms with E-state index < -0.39 is 18.2 Å². The van der Waals surface area contributed by atoms with Crippen molar-refractivity contribution in [1.82, 2.24) is 4.98 Å². The number of halogens is 1. The first kappa shape index (κ1) is 26.4. The molecule has 0 aliphatic heterocycles. The van der Waals surface area contributed by atoms with Crippen molar-refractivity contribution < 1.29 is 33.6 Å². The number of aromatic nitrogens is 1. The zero-order valence-electron chi connectivity index (χ0n) is 19.7. The van der Waals surface area contributed by atoms with Gasteiger partial charge in [-0.05, 0) is 23.6 Å². The number of ether oxygens (including phenoxy) is 3. The minimum absolute atomic E-state index is 0.0106. The number of pyridine rings is 1. The predicted octanol–water partition coefficient (Wildman–Crippen LogP) is 3.85. The quantitative estimate of drug-likeness (QED) is 0.491. The molecule has 0 aliphatic rings. The second kappa shape index (κ2) is 12.4. The Labute approximate surface area is 193 Å². The van der Waals surface area contributed by atoms with E-state index >= 15 is 0 Å². The molecule has 0 saturated heterocycles.